The van der Waals surface area contributed by atoms with Gasteiger partial charge in [-0.3, -0.25) is 15.0 Å². The fraction of sp³-hybridized carbons (Fsp3) is 0.800. The summed E-state index contributed by atoms with van der Waals surface area (Å²) < 4.78 is 0. The number of likely N-dealkylation sites (N-methyl/N-ethyl adjacent to an activating group) is 1. The van der Waals surface area contributed by atoms with Gasteiger partial charge in [-0.05, 0) is 32.7 Å². The second-order valence-corrected chi connectivity index (χ2v) is 4.40. The van der Waals surface area contributed by atoms with Crippen molar-refractivity contribution in [2.45, 2.75) is 37.8 Å². The van der Waals surface area contributed by atoms with Crippen LogP contribution in [0.4, 0.5) is 4.79 Å². The van der Waals surface area contributed by atoms with Crippen LogP contribution in [0.25, 0.3) is 0 Å². The molecular weight excluding hydrogens is 208 g/mol. The molecule has 0 atom stereocenters. The highest BCUT2D eigenvalue weighted by Gasteiger charge is 2.23. The third-order valence-electron chi connectivity index (χ3n) is 3.02. The zero-order chi connectivity index (χ0) is 12.1. The summed E-state index contributed by atoms with van der Waals surface area (Å²) in [5, 5.41) is 2.06. The Morgan fingerprint density at radius 2 is 1.88 bits per heavy atom. The molecule has 5 N–H and O–H groups in total. The summed E-state index contributed by atoms with van der Waals surface area (Å²) in [6.45, 7) is 0.197. The Balaban J connectivity index is 2.31. The van der Waals surface area contributed by atoms with E-state index < -0.39 is 6.03 Å². The third-order valence-corrected chi connectivity index (χ3v) is 3.02. The molecule has 16 heavy (non-hydrogen) atoms. The van der Waals surface area contributed by atoms with Crippen LogP contribution in [0.3, 0.4) is 0 Å². The molecule has 0 aromatic heterocycles. The highest BCUT2D eigenvalue weighted by atomic mass is 16.2. The minimum absolute atomic E-state index is 0.197. The highest BCUT2D eigenvalue weighted by Crippen LogP contribution is 2.20. The second kappa shape index (κ2) is 5.81. The molecule has 1 aliphatic carbocycles. The van der Waals surface area contributed by atoms with Gasteiger partial charge in [0, 0.05) is 12.1 Å². The maximum Gasteiger partial charge on any atom is 0.318 e. The summed E-state index contributed by atoms with van der Waals surface area (Å²) in [5.41, 5.74) is 10.7. The summed E-state index contributed by atoms with van der Waals surface area (Å²) >= 11 is 0. The SMILES string of the molecule is CN(CC(=O)NC(N)=O)C1CCC(N)CC1. The number of primary amides is 1. The Labute approximate surface area is 95.3 Å². The number of carbonyl (C=O) groups excluding carboxylic acids is 2. The average Bonchev–Trinajstić information content (AvgIpc) is 2.16. The van der Waals surface area contributed by atoms with Crippen molar-refractivity contribution in [1.29, 1.82) is 0 Å². The molecule has 1 fully saturated rings. The van der Waals surface area contributed by atoms with E-state index in [2.05, 4.69) is 5.32 Å². The Bertz CT molecular complexity index is 262. The molecule has 1 saturated carbocycles. The van der Waals surface area contributed by atoms with E-state index in [0.29, 0.717) is 12.1 Å². The van der Waals surface area contributed by atoms with Gasteiger partial charge in [0.05, 0.1) is 6.54 Å². The first-order valence-corrected chi connectivity index (χ1v) is 5.54. The van der Waals surface area contributed by atoms with E-state index in [1.807, 2.05) is 11.9 Å². The van der Waals surface area contributed by atoms with Crippen molar-refractivity contribution >= 4 is 11.9 Å². The van der Waals surface area contributed by atoms with E-state index in [0.717, 1.165) is 25.7 Å². The van der Waals surface area contributed by atoms with Gasteiger partial charge >= 0.3 is 6.03 Å². The van der Waals surface area contributed by atoms with Gasteiger partial charge in [-0.25, -0.2) is 4.79 Å². The molecule has 0 heterocycles. The first-order valence-electron chi connectivity index (χ1n) is 5.54. The molecule has 0 saturated heterocycles. The predicted molar refractivity (Wildman–Crippen MR) is 60.6 cm³/mol. The summed E-state index contributed by atoms with van der Waals surface area (Å²) in [6.07, 6.45) is 3.99. The molecule has 92 valence electrons. The fourth-order valence-electron chi connectivity index (χ4n) is 2.07. The molecule has 0 unspecified atom stereocenters. The van der Waals surface area contributed by atoms with E-state index in [4.69, 9.17) is 11.5 Å². The van der Waals surface area contributed by atoms with Gasteiger partial charge in [-0.15, -0.1) is 0 Å². The van der Waals surface area contributed by atoms with Gasteiger partial charge in [0.15, 0.2) is 0 Å². The molecule has 0 radical (unpaired) electrons. The Hall–Kier alpha value is -1.14. The maximum atomic E-state index is 11.3. The summed E-state index contributed by atoms with van der Waals surface area (Å²) in [4.78, 5) is 23.7. The molecule has 1 rings (SSSR count). The lowest BCUT2D eigenvalue weighted by atomic mass is 9.91. The number of urea groups is 1. The molecule has 6 heteroatoms. The summed E-state index contributed by atoms with van der Waals surface area (Å²) in [6, 6.07) is -0.133. The monoisotopic (exact) mass is 228 g/mol. The lowest BCUT2D eigenvalue weighted by Crippen LogP contribution is -2.46. The van der Waals surface area contributed by atoms with E-state index in [-0.39, 0.29) is 12.5 Å². The van der Waals surface area contributed by atoms with Crippen molar-refractivity contribution in [3.05, 3.63) is 0 Å². The van der Waals surface area contributed by atoms with E-state index in [1.54, 1.807) is 0 Å². The largest absolute Gasteiger partial charge is 0.351 e. The molecule has 0 bridgehead atoms. The van der Waals surface area contributed by atoms with E-state index in [9.17, 15) is 9.59 Å². The third kappa shape index (κ3) is 4.16. The van der Waals surface area contributed by atoms with Crippen molar-refractivity contribution in [3.8, 4) is 0 Å². The van der Waals surface area contributed by atoms with Crippen LogP contribution in [-0.4, -0.2) is 42.5 Å². The number of imide groups is 1. The van der Waals surface area contributed by atoms with Gasteiger partial charge in [0.25, 0.3) is 0 Å². The maximum absolute atomic E-state index is 11.3. The molecule has 0 aliphatic heterocycles. The number of carbonyl (C=O) groups is 2. The lowest BCUT2D eigenvalue weighted by Gasteiger charge is -2.32. The van der Waals surface area contributed by atoms with Crippen LogP contribution in [0.2, 0.25) is 0 Å². The predicted octanol–water partition coefficient (Wildman–Crippen LogP) is -0.617. The van der Waals surface area contributed by atoms with Gasteiger partial charge in [0.2, 0.25) is 5.91 Å². The average molecular weight is 228 g/mol. The number of amides is 3. The normalized spacial score (nSPS) is 25.4. The van der Waals surface area contributed by atoms with Crippen molar-refractivity contribution in [2.24, 2.45) is 11.5 Å². The molecule has 6 nitrogen and oxygen atoms in total. The smallest absolute Gasteiger partial charge is 0.318 e. The zero-order valence-corrected chi connectivity index (χ0v) is 9.61. The molecule has 0 aromatic rings. The van der Waals surface area contributed by atoms with E-state index in [1.165, 1.54) is 0 Å². The topological polar surface area (TPSA) is 101 Å². The molecule has 0 aromatic carbocycles. The van der Waals surface area contributed by atoms with Crippen molar-refractivity contribution in [1.82, 2.24) is 10.2 Å². The van der Waals surface area contributed by atoms with Crippen LogP contribution >= 0.6 is 0 Å². The number of hydrogen-bond acceptors (Lipinski definition) is 4. The lowest BCUT2D eigenvalue weighted by molar-refractivity contribution is -0.121. The van der Waals surface area contributed by atoms with Gasteiger partial charge in [0.1, 0.15) is 0 Å². The molecular formula is C10H20N4O2. The zero-order valence-electron chi connectivity index (χ0n) is 9.61. The van der Waals surface area contributed by atoms with Crippen LogP contribution in [0, 0.1) is 0 Å². The van der Waals surface area contributed by atoms with Crippen LogP contribution in [0.1, 0.15) is 25.7 Å². The Morgan fingerprint density at radius 1 is 1.31 bits per heavy atom. The van der Waals surface area contributed by atoms with Crippen molar-refractivity contribution in [3.63, 3.8) is 0 Å². The first-order chi connectivity index (χ1) is 7.49. The van der Waals surface area contributed by atoms with Gasteiger partial charge < -0.3 is 11.5 Å². The quantitative estimate of drug-likeness (QED) is 0.599. The first kappa shape index (κ1) is 12.9. The van der Waals surface area contributed by atoms with Crippen LogP contribution in [-0.2, 0) is 4.79 Å². The van der Waals surface area contributed by atoms with Crippen molar-refractivity contribution < 1.29 is 9.59 Å². The number of hydrogen-bond donors (Lipinski definition) is 3. The number of nitrogens with one attached hydrogen (secondary N) is 1. The summed E-state index contributed by atoms with van der Waals surface area (Å²) in [7, 11) is 1.88. The van der Waals surface area contributed by atoms with Crippen LogP contribution < -0.4 is 16.8 Å². The molecule has 0 spiro atoms. The van der Waals surface area contributed by atoms with Crippen LogP contribution in [0.5, 0.6) is 0 Å². The second-order valence-electron chi connectivity index (χ2n) is 4.40. The van der Waals surface area contributed by atoms with Crippen molar-refractivity contribution in [2.75, 3.05) is 13.6 Å². The Kier molecular flexibility index (Phi) is 4.70. The van der Waals surface area contributed by atoms with Gasteiger partial charge in [-0.1, -0.05) is 0 Å². The molecule has 3 amide bonds. The minimum Gasteiger partial charge on any atom is -0.351 e. The minimum atomic E-state index is -0.802. The highest BCUT2D eigenvalue weighted by molar-refractivity contribution is 5.94. The fourth-order valence-corrected chi connectivity index (χ4v) is 2.07. The number of rotatable bonds is 3. The molecule has 1 aliphatic rings. The van der Waals surface area contributed by atoms with Gasteiger partial charge in [-0.2, -0.15) is 0 Å². The van der Waals surface area contributed by atoms with E-state index >= 15 is 0 Å². The summed E-state index contributed by atoms with van der Waals surface area (Å²) in [5.74, 6) is -0.357. The van der Waals surface area contributed by atoms with Crippen LogP contribution in [0.15, 0.2) is 0 Å². The Morgan fingerprint density at radius 3 is 2.38 bits per heavy atom. The standard InChI is InChI=1S/C10H20N4O2/c1-14(6-9(15)13-10(12)16)8-4-2-7(11)3-5-8/h7-8H,2-6,11H2,1H3,(H3,12,13,15,16). The number of nitrogens with zero attached hydrogens (tertiary/aromatic N) is 1. The number of nitrogens with two attached hydrogens (primary N) is 2.